The number of pyridine rings is 1. The highest BCUT2D eigenvalue weighted by molar-refractivity contribution is 6.39. The molecule has 218 valence electrons. The molecule has 2 aromatic carbocycles. The zero-order chi connectivity index (χ0) is 29.4. The summed E-state index contributed by atoms with van der Waals surface area (Å²) in [4.78, 5) is 33.1. The fraction of sp³-hybridized carbons (Fsp3) is 0.387. The van der Waals surface area contributed by atoms with E-state index >= 15 is 0 Å². The van der Waals surface area contributed by atoms with Crippen molar-refractivity contribution in [2.24, 2.45) is 10.9 Å². The summed E-state index contributed by atoms with van der Waals surface area (Å²) < 4.78 is 6.56. The maximum Gasteiger partial charge on any atom is 0.328 e. The highest BCUT2D eigenvalue weighted by Gasteiger charge is 2.26. The number of nitrogens with zero attached hydrogens (tertiary/aromatic N) is 3. The number of amides is 1. The van der Waals surface area contributed by atoms with Gasteiger partial charge in [-0.2, -0.15) is 4.73 Å². The van der Waals surface area contributed by atoms with E-state index in [1.807, 2.05) is 30.3 Å². The summed E-state index contributed by atoms with van der Waals surface area (Å²) in [6, 6.07) is 17.5. The SMILES string of the molecule is CC(C)CCOC(=O)[C@H](Cc1ccc(N2CCC(N=c3ccccn3O)CC2)cc1)NC(=O)c1c(Cl)cccc1Cl. The second-order valence-corrected chi connectivity index (χ2v) is 11.4. The Kier molecular flexibility index (Phi) is 10.7. The summed E-state index contributed by atoms with van der Waals surface area (Å²) in [5.41, 5.74) is 2.64. The molecule has 1 amide bonds. The number of piperidine rings is 1. The molecule has 4 rings (SSSR count). The quantitative estimate of drug-likeness (QED) is 0.236. The standard InChI is InChI=1S/C31H36Cl2N4O4/c1-21(2)15-19-41-31(39)27(35-30(38)29-25(32)6-5-7-26(29)33)20-22-9-11-24(12-10-22)36-17-13-23(14-18-36)34-28-8-3-4-16-37(28)40/h3-12,16,21,23,27,40H,13-15,17-20H2,1-2H3,(H,35,38)/t27-/m0/s1. The number of hydrogen-bond donors (Lipinski definition) is 2. The second-order valence-electron chi connectivity index (χ2n) is 10.6. The largest absolute Gasteiger partial charge is 0.464 e. The maximum atomic E-state index is 13.1. The lowest BCUT2D eigenvalue weighted by atomic mass is 10.0. The number of carbonyl (C=O) groups is 2. The van der Waals surface area contributed by atoms with Crippen molar-refractivity contribution in [2.75, 3.05) is 24.6 Å². The van der Waals surface area contributed by atoms with Gasteiger partial charge in [-0.05, 0) is 67.1 Å². The molecule has 1 fully saturated rings. The van der Waals surface area contributed by atoms with Crippen LogP contribution in [0, 0.1) is 5.92 Å². The van der Waals surface area contributed by atoms with Gasteiger partial charge in [0.15, 0.2) is 5.49 Å². The van der Waals surface area contributed by atoms with Crippen LogP contribution in [0.1, 0.15) is 49.0 Å². The van der Waals surface area contributed by atoms with Crippen LogP contribution in [-0.2, 0) is 16.0 Å². The topological polar surface area (TPSA) is 96.2 Å². The Morgan fingerprint density at radius 3 is 2.34 bits per heavy atom. The lowest BCUT2D eigenvalue weighted by Gasteiger charge is -2.32. The van der Waals surface area contributed by atoms with Crippen molar-refractivity contribution in [1.82, 2.24) is 10.0 Å². The van der Waals surface area contributed by atoms with E-state index in [1.165, 1.54) is 0 Å². The predicted molar refractivity (Wildman–Crippen MR) is 161 cm³/mol. The van der Waals surface area contributed by atoms with Crippen LogP contribution in [0.4, 0.5) is 5.69 Å². The number of hydrogen-bond acceptors (Lipinski definition) is 6. The predicted octanol–water partition coefficient (Wildman–Crippen LogP) is 5.53. The summed E-state index contributed by atoms with van der Waals surface area (Å²) in [5, 5.41) is 13.1. The number of nitrogens with one attached hydrogen (secondary N) is 1. The Labute approximate surface area is 250 Å². The minimum atomic E-state index is -0.905. The molecular weight excluding hydrogens is 563 g/mol. The molecule has 2 N–H and O–H groups in total. The molecule has 1 aromatic heterocycles. The summed E-state index contributed by atoms with van der Waals surface area (Å²) in [6.45, 7) is 6.06. The summed E-state index contributed by atoms with van der Waals surface area (Å²) in [5.74, 6) is -0.647. The Bertz CT molecular complexity index is 1380. The van der Waals surface area contributed by atoms with Gasteiger partial charge >= 0.3 is 5.97 Å². The highest BCUT2D eigenvalue weighted by atomic mass is 35.5. The van der Waals surface area contributed by atoms with Gasteiger partial charge in [-0.25, -0.2) is 4.79 Å². The van der Waals surface area contributed by atoms with Gasteiger partial charge in [0, 0.05) is 31.4 Å². The fourth-order valence-electron chi connectivity index (χ4n) is 4.68. The van der Waals surface area contributed by atoms with Gasteiger partial charge in [-0.15, -0.1) is 0 Å². The number of esters is 1. The second kappa shape index (κ2) is 14.4. The van der Waals surface area contributed by atoms with Crippen LogP contribution >= 0.6 is 23.2 Å². The van der Waals surface area contributed by atoms with Crippen molar-refractivity contribution in [3.05, 3.63) is 93.5 Å². The van der Waals surface area contributed by atoms with E-state index in [-0.39, 0.29) is 34.7 Å². The van der Waals surface area contributed by atoms with Crippen LogP contribution in [0.15, 0.2) is 71.9 Å². The molecule has 1 aliphatic rings. The van der Waals surface area contributed by atoms with Gasteiger partial charge in [0.2, 0.25) is 0 Å². The molecule has 1 saturated heterocycles. The van der Waals surface area contributed by atoms with Crippen LogP contribution in [0.5, 0.6) is 0 Å². The molecule has 3 aromatic rings. The zero-order valence-electron chi connectivity index (χ0n) is 23.3. The molecule has 1 atom stereocenters. The first-order chi connectivity index (χ1) is 19.7. The fourth-order valence-corrected chi connectivity index (χ4v) is 5.25. The lowest BCUT2D eigenvalue weighted by Crippen LogP contribution is -2.43. The van der Waals surface area contributed by atoms with E-state index in [9.17, 15) is 14.8 Å². The average Bonchev–Trinajstić information content (AvgIpc) is 2.94. The Hall–Kier alpha value is -3.49. The molecule has 0 aliphatic carbocycles. The van der Waals surface area contributed by atoms with E-state index in [0.717, 1.165) is 48.3 Å². The van der Waals surface area contributed by atoms with Gasteiger partial charge in [-0.3, -0.25) is 9.79 Å². The Morgan fingerprint density at radius 2 is 1.71 bits per heavy atom. The third-order valence-electron chi connectivity index (χ3n) is 7.06. The van der Waals surface area contributed by atoms with Gasteiger partial charge < -0.3 is 20.2 Å². The molecule has 0 unspecified atom stereocenters. The summed E-state index contributed by atoms with van der Waals surface area (Å²) in [7, 11) is 0. The van der Waals surface area contributed by atoms with E-state index in [1.54, 1.807) is 36.5 Å². The van der Waals surface area contributed by atoms with Crippen molar-refractivity contribution < 1.29 is 19.5 Å². The number of rotatable bonds is 10. The van der Waals surface area contributed by atoms with E-state index < -0.39 is 17.9 Å². The first-order valence-electron chi connectivity index (χ1n) is 13.9. The van der Waals surface area contributed by atoms with Crippen molar-refractivity contribution in [1.29, 1.82) is 0 Å². The van der Waals surface area contributed by atoms with E-state index in [2.05, 4.69) is 29.1 Å². The van der Waals surface area contributed by atoms with Crippen molar-refractivity contribution in [2.45, 2.75) is 51.6 Å². The Morgan fingerprint density at radius 1 is 1.02 bits per heavy atom. The van der Waals surface area contributed by atoms with Crippen molar-refractivity contribution >= 4 is 40.8 Å². The van der Waals surface area contributed by atoms with Crippen LogP contribution in [0.3, 0.4) is 0 Å². The number of aromatic nitrogens is 1. The number of anilines is 1. The van der Waals surface area contributed by atoms with Gasteiger partial charge in [-0.1, -0.05) is 61.3 Å². The average molecular weight is 600 g/mol. The number of benzene rings is 2. The van der Waals surface area contributed by atoms with Crippen molar-refractivity contribution in [3.8, 4) is 0 Å². The van der Waals surface area contributed by atoms with Gasteiger partial charge in [0.25, 0.3) is 5.91 Å². The normalized spacial score (nSPS) is 15.1. The van der Waals surface area contributed by atoms with Crippen molar-refractivity contribution in [3.63, 3.8) is 0 Å². The summed E-state index contributed by atoms with van der Waals surface area (Å²) >= 11 is 12.5. The molecule has 8 nitrogen and oxygen atoms in total. The number of ether oxygens (including phenoxy) is 1. The van der Waals surface area contributed by atoms with Crippen LogP contribution in [-0.4, -0.2) is 53.6 Å². The third-order valence-corrected chi connectivity index (χ3v) is 7.69. The number of halogens is 2. The van der Waals surface area contributed by atoms with Gasteiger partial charge in [0.05, 0.1) is 28.3 Å². The van der Waals surface area contributed by atoms with Crippen LogP contribution < -0.4 is 15.7 Å². The molecule has 10 heteroatoms. The molecule has 0 spiro atoms. The molecular formula is C31H36Cl2N4O4. The first-order valence-corrected chi connectivity index (χ1v) is 14.6. The third kappa shape index (κ3) is 8.50. The molecule has 0 radical (unpaired) electrons. The Balaban J connectivity index is 1.41. The minimum Gasteiger partial charge on any atom is -0.464 e. The minimum absolute atomic E-state index is 0.127. The molecule has 0 saturated carbocycles. The first kappa shape index (κ1) is 30.5. The van der Waals surface area contributed by atoms with Gasteiger partial charge in [0.1, 0.15) is 6.04 Å². The maximum absolute atomic E-state index is 13.1. The van der Waals surface area contributed by atoms with Crippen LogP contribution in [0.2, 0.25) is 10.0 Å². The van der Waals surface area contributed by atoms with Crippen LogP contribution in [0.25, 0.3) is 0 Å². The molecule has 1 aliphatic heterocycles. The lowest BCUT2D eigenvalue weighted by molar-refractivity contribution is -0.146. The molecule has 41 heavy (non-hydrogen) atoms. The highest BCUT2D eigenvalue weighted by Crippen LogP contribution is 2.25. The molecule has 2 heterocycles. The molecule has 0 bridgehead atoms. The number of carbonyl (C=O) groups excluding carboxylic acids is 2. The monoisotopic (exact) mass is 598 g/mol. The smallest absolute Gasteiger partial charge is 0.328 e. The van der Waals surface area contributed by atoms with E-state index in [4.69, 9.17) is 27.9 Å². The van der Waals surface area contributed by atoms with E-state index in [0.29, 0.717) is 11.4 Å². The zero-order valence-corrected chi connectivity index (χ0v) is 24.8. The summed E-state index contributed by atoms with van der Waals surface area (Å²) in [6.07, 6.45) is 4.30.